The van der Waals surface area contributed by atoms with E-state index in [0.717, 1.165) is 16.7 Å². The number of imidazole rings is 1. The Morgan fingerprint density at radius 3 is 2.60 bits per heavy atom. The molecule has 2 aliphatic heterocycles. The van der Waals surface area contributed by atoms with Crippen LogP contribution in [0.5, 0.6) is 6.01 Å². The number of halogens is 1. The van der Waals surface area contributed by atoms with E-state index in [1.165, 1.54) is 0 Å². The molecule has 2 aromatic heterocycles. The Labute approximate surface area is 207 Å². The zero-order chi connectivity index (χ0) is 24.0. The van der Waals surface area contributed by atoms with E-state index in [1.807, 2.05) is 30.3 Å². The van der Waals surface area contributed by atoms with Crippen molar-refractivity contribution in [2.24, 2.45) is 0 Å². The number of nitrogens with zero attached hydrogens (tertiary/aromatic N) is 2. The van der Waals surface area contributed by atoms with Crippen LogP contribution in [0.2, 0.25) is 5.02 Å². The van der Waals surface area contributed by atoms with E-state index in [9.17, 15) is 5.11 Å². The van der Waals surface area contributed by atoms with E-state index in [1.54, 1.807) is 12.1 Å². The fourth-order valence-corrected chi connectivity index (χ4v) is 5.10. The summed E-state index contributed by atoms with van der Waals surface area (Å²) in [7, 11) is 0. The number of hydrogen-bond donors (Lipinski definition) is 2. The molecule has 0 radical (unpaired) electrons. The van der Waals surface area contributed by atoms with Crippen LogP contribution < -0.4 is 4.74 Å². The number of aliphatic hydroxyl groups is 1. The number of rotatable bonds is 6. The van der Waals surface area contributed by atoms with Crippen LogP contribution in [-0.4, -0.2) is 57.2 Å². The number of ether oxygens (including phenoxy) is 3. The summed E-state index contributed by atoms with van der Waals surface area (Å²) in [4.78, 5) is 12.3. The van der Waals surface area contributed by atoms with Gasteiger partial charge in [0.25, 0.3) is 6.01 Å². The van der Waals surface area contributed by atoms with Crippen molar-refractivity contribution >= 4 is 22.8 Å². The third-order valence-electron chi connectivity index (χ3n) is 6.59. The molecule has 0 spiro atoms. The Bertz CT molecular complexity index is 1370. The standard InChI is InChI=1S/C27H24ClN3O4/c1-2-12-27(32)15-34-23-21(14-33-24(23)27)35-26-29-20-13-19(28)22(30-25(20)31-26)18-10-8-17(9-11-18)16-6-4-3-5-7-16/h2-11,13,21,23-24,32H,1,12,14-15H2,(H,29,30,31)/t21-,23?,24+,27-/m1/s1. The molecule has 2 aromatic carbocycles. The number of pyridine rings is 1. The molecule has 2 fully saturated rings. The lowest BCUT2D eigenvalue weighted by Gasteiger charge is -2.24. The zero-order valence-corrected chi connectivity index (χ0v) is 19.6. The molecule has 6 rings (SSSR count). The van der Waals surface area contributed by atoms with Crippen molar-refractivity contribution in [2.45, 2.75) is 30.3 Å². The van der Waals surface area contributed by atoms with Crippen molar-refractivity contribution in [3.8, 4) is 28.4 Å². The second kappa shape index (κ2) is 8.77. The van der Waals surface area contributed by atoms with E-state index in [4.69, 9.17) is 25.8 Å². The second-order valence-corrected chi connectivity index (χ2v) is 9.36. The molecule has 178 valence electrons. The van der Waals surface area contributed by atoms with Gasteiger partial charge in [0.1, 0.15) is 17.8 Å². The average molecular weight is 490 g/mol. The van der Waals surface area contributed by atoms with Crippen LogP contribution >= 0.6 is 11.6 Å². The van der Waals surface area contributed by atoms with Crippen LogP contribution in [-0.2, 0) is 9.47 Å². The predicted octanol–water partition coefficient (Wildman–Crippen LogP) is 4.80. The lowest BCUT2D eigenvalue weighted by Crippen LogP contribution is -2.43. The molecule has 2 saturated heterocycles. The smallest absolute Gasteiger partial charge is 0.296 e. The van der Waals surface area contributed by atoms with Crippen LogP contribution in [0.25, 0.3) is 33.5 Å². The van der Waals surface area contributed by atoms with Gasteiger partial charge in [-0.15, -0.1) is 6.58 Å². The molecule has 2 aliphatic rings. The maximum absolute atomic E-state index is 10.8. The summed E-state index contributed by atoms with van der Waals surface area (Å²) in [5, 5.41) is 11.3. The second-order valence-electron chi connectivity index (χ2n) is 8.96. The van der Waals surface area contributed by atoms with Gasteiger partial charge in [0.2, 0.25) is 0 Å². The van der Waals surface area contributed by atoms with Crippen molar-refractivity contribution < 1.29 is 19.3 Å². The third-order valence-corrected chi connectivity index (χ3v) is 6.88. The van der Waals surface area contributed by atoms with Gasteiger partial charge in [0.15, 0.2) is 11.8 Å². The number of H-pyrrole nitrogens is 1. The molecular formula is C27H24ClN3O4. The first-order valence-electron chi connectivity index (χ1n) is 11.5. The highest BCUT2D eigenvalue weighted by molar-refractivity contribution is 6.33. The van der Waals surface area contributed by atoms with Gasteiger partial charge in [-0.1, -0.05) is 72.3 Å². The predicted molar refractivity (Wildman–Crippen MR) is 133 cm³/mol. The van der Waals surface area contributed by atoms with E-state index < -0.39 is 17.8 Å². The van der Waals surface area contributed by atoms with Gasteiger partial charge in [-0.05, 0) is 23.6 Å². The van der Waals surface area contributed by atoms with Crippen molar-refractivity contribution in [3.05, 3.63) is 78.3 Å². The largest absolute Gasteiger partial charge is 0.456 e. The minimum atomic E-state index is -1.08. The molecule has 1 unspecified atom stereocenters. The monoisotopic (exact) mass is 489 g/mol. The molecule has 4 atom stereocenters. The lowest BCUT2D eigenvalue weighted by molar-refractivity contribution is -0.0659. The topological polar surface area (TPSA) is 89.5 Å². The van der Waals surface area contributed by atoms with Gasteiger partial charge >= 0.3 is 0 Å². The molecule has 7 nitrogen and oxygen atoms in total. The highest BCUT2D eigenvalue weighted by Gasteiger charge is 2.56. The first kappa shape index (κ1) is 22.2. The summed E-state index contributed by atoms with van der Waals surface area (Å²) in [6.07, 6.45) is 0.810. The first-order valence-corrected chi connectivity index (χ1v) is 11.9. The maximum Gasteiger partial charge on any atom is 0.296 e. The van der Waals surface area contributed by atoms with Crippen molar-refractivity contribution in [2.75, 3.05) is 13.2 Å². The fourth-order valence-electron chi connectivity index (χ4n) is 4.84. The Hall–Kier alpha value is -3.23. The van der Waals surface area contributed by atoms with Gasteiger partial charge in [-0.25, -0.2) is 4.98 Å². The summed E-state index contributed by atoms with van der Waals surface area (Å²) in [6.45, 7) is 4.18. The zero-order valence-electron chi connectivity index (χ0n) is 18.9. The summed E-state index contributed by atoms with van der Waals surface area (Å²) in [5.74, 6) is 0. The van der Waals surface area contributed by atoms with Crippen LogP contribution in [0.15, 0.2) is 73.3 Å². The third kappa shape index (κ3) is 4.00. The molecule has 4 aromatic rings. The number of aromatic amines is 1. The molecule has 0 amide bonds. The number of nitrogens with one attached hydrogen (secondary N) is 1. The van der Waals surface area contributed by atoms with Crippen LogP contribution in [0.4, 0.5) is 0 Å². The van der Waals surface area contributed by atoms with E-state index in [2.05, 4.69) is 45.8 Å². The van der Waals surface area contributed by atoms with Gasteiger partial charge in [0, 0.05) is 5.56 Å². The van der Waals surface area contributed by atoms with Crippen molar-refractivity contribution in [1.82, 2.24) is 15.0 Å². The van der Waals surface area contributed by atoms with E-state index in [0.29, 0.717) is 40.9 Å². The summed E-state index contributed by atoms with van der Waals surface area (Å²) in [5.41, 5.74) is 3.89. The van der Waals surface area contributed by atoms with Gasteiger partial charge in [-0.3, -0.25) is 0 Å². The lowest BCUT2D eigenvalue weighted by atomic mass is 9.93. The van der Waals surface area contributed by atoms with Crippen LogP contribution in [0.1, 0.15) is 6.42 Å². The Morgan fingerprint density at radius 1 is 1.09 bits per heavy atom. The molecular weight excluding hydrogens is 466 g/mol. The minimum Gasteiger partial charge on any atom is -0.456 e. The molecule has 35 heavy (non-hydrogen) atoms. The quantitative estimate of drug-likeness (QED) is 0.378. The van der Waals surface area contributed by atoms with Gasteiger partial charge in [0.05, 0.1) is 29.4 Å². The Kier molecular flexibility index (Phi) is 5.57. The van der Waals surface area contributed by atoms with Crippen molar-refractivity contribution in [1.29, 1.82) is 0 Å². The van der Waals surface area contributed by atoms with E-state index >= 15 is 0 Å². The highest BCUT2D eigenvalue weighted by atomic mass is 35.5. The van der Waals surface area contributed by atoms with Gasteiger partial charge in [-0.2, -0.15) is 4.98 Å². The Balaban J connectivity index is 1.23. The van der Waals surface area contributed by atoms with Crippen LogP contribution in [0, 0.1) is 0 Å². The van der Waals surface area contributed by atoms with E-state index in [-0.39, 0.29) is 12.7 Å². The number of fused-ring (bicyclic) bond motifs is 2. The van der Waals surface area contributed by atoms with Crippen molar-refractivity contribution in [3.63, 3.8) is 0 Å². The summed E-state index contributed by atoms with van der Waals surface area (Å²) in [6, 6.07) is 20.4. The number of benzene rings is 2. The molecule has 0 bridgehead atoms. The first-order chi connectivity index (χ1) is 17.0. The summed E-state index contributed by atoms with van der Waals surface area (Å²) < 4.78 is 17.7. The fraction of sp³-hybridized carbons (Fsp3) is 0.259. The number of hydrogen-bond acceptors (Lipinski definition) is 6. The normalized spacial score (nSPS) is 25.6. The molecule has 8 heteroatoms. The highest BCUT2D eigenvalue weighted by Crippen LogP contribution is 2.38. The molecule has 0 aliphatic carbocycles. The average Bonchev–Trinajstić information content (AvgIpc) is 3.55. The molecule has 0 saturated carbocycles. The number of aromatic nitrogens is 3. The minimum absolute atomic E-state index is 0.179. The SMILES string of the molecule is C=CC[C@@]1(O)COC2[C@H](Oc3nc4nc(-c5ccc(-c6ccccc6)cc5)c(Cl)cc4[nH]3)CO[C@@H]21. The molecule has 2 N–H and O–H groups in total. The maximum atomic E-state index is 10.8. The Morgan fingerprint density at radius 2 is 1.83 bits per heavy atom. The molecule has 4 heterocycles. The summed E-state index contributed by atoms with van der Waals surface area (Å²) >= 11 is 6.58. The van der Waals surface area contributed by atoms with Gasteiger partial charge < -0.3 is 24.3 Å². The van der Waals surface area contributed by atoms with Crippen LogP contribution in [0.3, 0.4) is 0 Å².